The highest BCUT2D eigenvalue weighted by Gasteiger charge is 2.27. The quantitative estimate of drug-likeness (QED) is 0.0212. The molecule has 0 aliphatic carbocycles. The summed E-state index contributed by atoms with van der Waals surface area (Å²) in [5, 5.41) is 3.05. The maximum absolute atomic E-state index is 13.6. The number of unbranched alkanes of at least 4 members (excludes halogenated alkanes) is 45. The zero-order valence-corrected chi connectivity index (χ0v) is 59.4. The molecule has 0 aromatic rings. The molecular weight excluding hydrogens is 1100 g/mol. The van der Waals surface area contributed by atoms with Crippen LogP contribution < -0.4 is 10.2 Å². The first-order valence-corrected chi connectivity index (χ1v) is 39.1. The molecule has 0 radical (unpaired) electrons. The van der Waals surface area contributed by atoms with E-state index in [1.54, 1.807) is 0 Å². The summed E-state index contributed by atoms with van der Waals surface area (Å²) in [7, 11) is 1.20. The minimum atomic E-state index is -4.71. The monoisotopic (exact) mass is 1240 g/mol. The standard InChI is InChI=1S/C77H145N2O7P/c1-7-10-13-16-19-22-25-28-30-32-34-36-38-39-41-43-45-47-49-52-55-58-61-64-67-70-77(81)86-75(68-65-62-59-56-53-50-27-24-21-18-15-12-9-3)74(73-85-87(82,83)84-72-71-79(4,5)6)78-76(80)69-66-63-60-57-54-51-48-46-44-42-40-37-35-33-31-29-26-23-20-17-14-11-8-2/h19,22,28-31,34,36,65,68,74-75H,7-18,20-21,23-27,32-33,35,37-64,66-67,69-73H2,1-6H3,(H-,78,80,82,83)/b22-19-,30-28-,31-29+,36-34-,68-65+. The molecule has 0 spiro atoms. The number of allylic oxidation sites excluding steroid dienone is 9. The lowest BCUT2D eigenvalue weighted by molar-refractivity contribution is -0.870. The Hall–Kier alpha value is -2.29. The van der Waals surface area contributed by atoms with E-state index in [-0.39, 0.29) is 31.5 Å². The van der Waals surface area contributed by atoms with E-state index in [0.717, 1.165) is 70.6 Å². The molecule has 0 rings (SSSR count). The van der Waals surface area contributed by atoms with Gasteiger partial charge >= 0.3 is 5.97 Å². The van der Waals surface area contributed by atoms with Gasteiger partial charge in [0.25, 0.3) is 7.82 Å². The van der Waals surface area contributed by atoms with E-state index in [1.807, 2.05) is 33.3 Å². The van der Waals surface area contributed by atoms with Crippen molar-refractivity contribution in [2.24, 2.45) is 0 Å². The molecule has 0 aromatic carbocycles. The Morgan fingerprint density at radius 2 is 0.701 bits per heavy atom. The minimum absolute atomic E-state index is 0.0219. The van der Waals surface area contributed by atoms with Crippen molar-refractivity contribution in [3.63, 3.8) is 0 Å². The second-order valence-corrected chi connectivity index (χ2v) is 28.2. The molecule has 0 heterocycles. The lowest BCUT2D eigenvalue weighted by Gasteiger charge is -2.30. The third-order valence-corrected chi connectivity index (χ3v) is 17.9. The van der Waals surface area contributed by atoms with Crippen molar-refractivity contribution in [3.8, 4) is 0 Å². The van der Waals surface area contributed by atoms with Crippen molar-refractivity contribution in [1.29, 1.82) is 0 Å². The summed E-state index contributed by atoms with van der Waals surface area (Å²) in [4.78, 5) is 40.3. The second kappa shape index (κ2) is 66.6. The molecule has 0 fully saturated rings. The number of nitrogens with zero attached hydrogens (tertiary/aromatic N) is 1. The normalized spacial score (nSPS) is 13.8. The second-order valence-electron chi connectivity index (χ2n) is 26.8. The van der Waals surface area contributed by atoms with E-state index in [2.05, 4.69) is 74.7 Å². The van der Waals surface area contributed by atoms with Crippen LogP contribution in [-0.4, -0.2) is 69.4 Å². The molecule has 0 aliphatic heterocycles. The molecule has 0 bridgehead atoms. The molecule has 3 atom stereocenters. The molecular formula is C77H145N2O7P. The minimum Gasteiger partial charge on any atom is -0.756 e. The van der Waals surface area contributed by atoms with Gasteiger partial charge in [0.1, 0.15) is 19.3 Å². The number of hydrogen-bond acceptors (Lipinski definition) is 7. The van der Waals surface area contributed by atoms with Gasteiger partial charge in [0, 0.05) is 12.8 Å². The van der Waals surface area contributed by atoms with Crippen LogP contribution in [0.15, 0.2) is 60.8 Å². The van der Waals surface area contributed by atoms with Crippen molar-refractivity contribution in [1.82, 2.24) is 5.32 Å². The summed E-state index contributed by atoms with van der Waals surface area (Å²) in [6, 6.07) is -0.890. The van der Waals surface area contributed by atoms with Crippen LogP contribution in [0.3, 0.4) is 0 Å². The van der Waals surface area contributed by atoms with Gasteiger partial charge in [-0.15, -0.1) is 0 Å². The van der Waals surface area contributed by atoms with Gasteiger partial charge in [-0.25, -0.2) is 0 Å². The summed E-state index contributed by atoms with van der Waals surface area (Å²) in [6.45, 7) is 6.87. The van der Waals surface area contributed by atoms with Crippen LogP contribution in [0.25, 0.3) is 0 Å². The molecule has 0 saturated heterocycles. The van der Waals surface area contributed by atoms with Crippen LogP contribution in [-0.2, 0) is 27.9 Å². The Balaban J connectivity index is 5.04. The zero-order chi connectivity index (χ0) is 63.5. The summed E-state index contributed by atoms with van der Waals surface area (Å²) in [5.41, 5.74) is 0. The third-order valence-electron chi connectivity index (χ3n) is 16.9. The lowest BCUT2D eigenvalue weighted by atomic mass is 10.0. The number of nitrogens with one attached hydrogen (secondary N) is 1. The van der Waals surface area contributed by atoms with Crippen molar-refractivity contribution >= 4 is 19.7 Å². The first kappa shape index (κ1) is 84.7. The topological polar surface area (TPSA) is 114 Å². The number of amides is 1. The zero-order valence-electron chi connectivity index (χ0n) is 58.5. The highest BCUT2D eigenvalue weighted by atomic mass is 31.2. The maximum atomic E-state index is 13.6. The fourth-order valence-electron chi connectivity index (χ4n) is 11.1. The number of carbonyl (C=O) groups is 2. The van der Waals surface area contributed by atoms with Crippen LogP contribution in [0, 0.1) is 0 Å². The number of esters is 1. The number of rotatable bonds is 69. The van der Waals surface area contributed by atoms with Crippen molar-refractivity contribution in [3.05, 3.63) is 60.8 Å². The molecule has 1 N–H and O–H groups in total. The highest BCUT2D eigenvalue weighted by molar-refractivity contribution is 7.45. The summed E-state index contributed by atoms with van der Waals surface area (Å²) < 4.78 is 30.5. The molecule has 3 unspecified atom stereocenters. The molecule has 10 heteroatoms. The number of phosphoric ester groups is 1. The summed E-state index contributed by atoms with van der Waals surface area (Å²) in [6.07, 6.45) is 86.3. The fourth-order valence-corrected chi connectivity index (χ4v) is 11.8. The number of ether oxygens (including phenoxy) is 1. The van der Waals surface area contributed by atoms with E-state index in [4.69, 9.17) is 13.8 Å². The number of phosphoric acid groups is 1. The van der Waals surface area contributed by atoms with Crippen LogP contribution in [0.2, 0.25) is 0 Å². The molecule has 1 amide bonds. The Morgan fingerprint density at radius 1 is 0.402 bits per heavy atom. The largest absolute Gasteiger partial charge is 0.756 e. The van der Waals surface area contributed by atoms with E-state index < -0.39 is 20.0 Å². The SMILES string of the molecule is CCCCC/C=C\C/C=C\C/C=C\CCCCCCCCCCCCCCC(=O)OC(/C=C/CCCCCCCCCCCCC)C(COP(=O)([O-])OCC[N+](C)(C)C)NC(=O)CCCCCCCCCCCCCCC/C=C/CCCCCCCC. The number of quaternary nitrogens is 1. The van der Waals surface area contributed by atoms with Crippen LogP contribution in [0.1, 0.15) is 367 Å². The Morgan fingerprint density at radius 3 is 1.08 bits per heavy atom. The van der Waals surface area contributed by atoms with Gasteiger partial charge in [-0.2, -0.15) is 0 Å². The first-order chi connectivity index (χ1) is 42.4. The van der Waals surface area contributed by atoms with Gasteiger partial charge in [-0.05, 0) is 96.0 Å². The Kier molecular flexibility index (Phi) is 64.9. The number of hydrogen-bond donors (Lipinski definition) is 1. The average Bonchev–Trinajstić information content (AvgIpc) is 3.70. The predicted octanol–water partition coefficient (Wildman–Crippen LogP) is 23.5. The van der Waals surface area contributed by atoms with E-state index in [9.17, 15) is 19.0 Å². The molecule has 0 saturated carbocycles. The summed E-state index contributed by atoms with van der Waals surface area (Å²) >= 11 is 0. The van der Waals surface area contributed by atoms with Gasteiger partial charge in [-0.3, -0.25) is 14.2 Å². The lowest BCUT2D eigenvalue weighted by Crippen LogP contribution is -2.47. The third kappa shape index (κ3) is 67.9. The van der Waals surface area contributed by atoms with Crippen LogP contribution >= 0.6 is 7.82 Å². The fraction of sp³-hybridized carbons (Fsp3) is 0.844. The van der Waals surface area contributed by atoms with Gasteiger partial charge in [0.15, 0.2) is 0 Å². The van der Waals surface area contributed by atoms with Gasteiger partial charge in [0.05, 0.1) is 33.8 Å². The Bertz CT molecular complexity index is 1670. The first-order valence-electron chi connectivity index (χ1n) is 37.6. The van der Waals surface area contributed by atoms with Gasteiger partial charge < -0.3 is 28.5 Å². The van der Waals surface area contributed by atoms with Gasteiger partial charge in [-0.1, -0.05) is 319 Å². The maximum Gasteiger partial charge on any atom is 0.306 e. The van der Waals surface area contributed by atoms with Crippen molar-refractivity contribution < 1.29 is 37.3 Å². The van der Waals surface area contributed by atoms with E-state index >= 15 is 0 Å². The van der Waals surface area contributed by atoms with Crippen LogP contribution in [0.4, 0.5) is 0 Å². The predicted molar refractivity (Wildman–Crippen MR) is 376 cm³/mol. The average molecular weight is 1240 g/mol. The molecule has 87 heavy (non-hydrogen) atoms. The highest BCUT2D eigenvalue weighted by Crippen LogP contribution is 2.38. The molecule has 9 nitrogen and oxygen atoms in total. The smallest absolute Gasteiger partial charge is 0.306 e. The molecule has 0 aliphatic rings. The van der Waals surface area contributed by atoms with E-state index in [1.165, 1.54) is 263 Å². The molecule has 510 valence electrons. The van der Waals surface area contributed by atoms with Crippen molar-refractivity contribution in [2.75, 3.05) is 40.9 Å². The number of likely N-dealkylation sites (N-methyl/N-ethyl adjacent to an activating group) is 1. The van der Waals surface area contributed by atoms with Gasteiger partial charge in [0.2, 0.25) is 5.91 Å². The Labute approximate surface area is 541 Å². The van der Waals surface area contributed by atoms with Crippen molar-refractivity contribution in [2.45, 2.75) is 380 Å². The summed E-state index contributed by atoms with van der Waals surface area (Å²) in [5.74, 6) is -0.527. The van der Waals surface area contributed by atoms with Crippen LogP contribution in [0.5, 0.6) is 0 Å². The molecule has 0 aromatic heterocycles. The van der Waals surface area contributed by atoms with E-state index in [0.29, 0.717) is 17.4 Å². The number of carbonyl (C=O) groups excluding carboxylic acids is 2.